The average molecular weight is 502 g/mol. The molecule has 154 valence electrons. The summed E-state index contributed by atoms with van der Waals surface area (Å²) in [7, 11) is 1.86. The number of aliphatic imine (C=N–C) groups is 1. The predicted molar refractivity (Wildman–Crippen MR) is 110 cm³/mol. The lowest BCUT2D eigenvalue weighted by Crippen LogP contribution is -2.39. The second-order valence-electron chi connectivity index (χ2n) is 6.69. The number of benzene rings is 1. The smallest absolute Gasteiger partial charge is 0.357 e. The average Bonchev–Trinajstić information content (AvgIpc) is 2.96. The number of guanidine groups is 1. The maximum absolute atomic E-state index is 13.3. The van der Waals surface area contributed by atoms with Crippen molar-refractivity contribution in [2.45, 2.75) is 26.1 Å². The lowest BCUT2D eigenvalue weighted by molar-refractivity contribution is -0.143. The lowest BCUT2D eigenvalue weighted by Gasteiger charge is -2.23. The third-order valence-electron chi connectivity index (χ3n) is 4.28. The van der Waals surface area contributed by atoms with Crippen LogP contribution in [0.5, 0.6) is 0 Å². The van der Waals surface area contributed by atoms with E-state index in [0.29, 0.717) is 45.1 Å². The minimum atomic E-state index is -4.15. The highest BCUT2D eigenvalue weighted by molar-refractivity contribution is 14.0. The van der Waals surface area contributed by atoms with E-state index in [-0.39, 0.29) is 35.7 Å². The quantitative estimate of drug-likeness (QED) is 0.279. The van der Waals surface area contributed by atoms with Crippen LogP contribution >= 0.6 is 24.0 Å². The van der Waals surface area contributed by atoms with Gasteiger partial charge in [-0.25, -0.2) is 4.39 Å². The first-order valence-electron chi connectivity index (χ1n) is 8.80. The predicted octanol–water partition coefficient (Wildman–Crippen LogP) is 3.73. The molecule has 1 aromatic carbocycles. The molecule has 0 spiro atoms. The van der Waals surface area contributed by atoms with E-state index in [0.717, 1.165) is 5.56 Å². The summed E-state index contributed by atoms with van der Waals surface area (Å²) in [5, 5.41) is 3.18. The fourth-order valence-corrected chi connectivity index (χ4v) is 3.13. The molecule has 1 heterocycles. The Bertz CT molecular complexity index is 609. The molecule has 1 aliphatic heterocycles. The second-order valence-corrected chi connectivity index (χ2v) is 6.69. The summed E-state index contributed by atoms with van der Waals surface area (Å²) in [4.78, 5) is 7.90. The number of rotatable bonds is 6. The summed E-state index contributed by atoms with van der Waals surface area (Å²) in [5.41, 5.74) is 0.829. The molecule has 27 heavy (non-hydrogen) atoms. The van der Waals surface area contributed by atoms with E-state index in [9.17, 15) is 17.6 Å². The van der Waals surface area contributed by atoms with E-state index in [4.69, 9.17) is 0 Å². The van der Waals surface area contributed by atoms with Gasteiger partial charge in [0.15, 0.2) is 5.96 Å². The molecule has 0 aliphatic carbocycles. The van der Waals surface area contributed by atoms with Crippen LogP contribution in [0.1, 0.15) is 18.9 Å². The van der Waals surface area contributed by atoms with Crippen molar-refractivity contribution in [3.8, 4) is 0 Å². The number of nitrogens with zero attached hydrogens (tertiary/aromatic N) is 3. The molecule has 0 amide bonds. The number of likely N-dealkylation sites (tertiary alicyclic amines) is 1. The molecule has 9 heteroatoms. The molecule has 0 aromatic heterocycles. The molecule has 1 aromatic rings. The zero-order valence-corrected chi connectivity index (χ0v) is 17.9. The van der Waals surface area contributed by atoms with E-state index in [1.165, 1.54) is 17.0 Å². The number of halogens is 5. The van der Waals surface area contributed by atoms with Gasteiger partial charge in [-0.3, -0.25) is 9.89 Å². The molecular formula is C18H27F4IN4. The highest BCUT2D eigenvalue weighted by Crippen LogP contribution is 2.23. The van der Waals surface area contributed by atoms with Crippen LogP contribution in [-0.2, 0) is 6.54 Å². The Hall–Kier alpha value is -1.10. The SMILES string of the molecule is CCNC(=NCC1CCN(CC(F)(F)F)C1)N(C)Cc1cccc(F)c1.I. The lowest BCUT2D eigenvalue weighted by atomic mass is 10.1. The van der Waals surface area contributed by atoms with E-state index >= 15 is 0 Å². The van der Waals surface area contributed by atoms with Crippen LogP contribution in [0.25, 0.3) is 0 Å². The third-order valence-corrected chi connectivity index (χ3v) is 4.28. The number of hydrogen-bond acceptors (Lipinski definition) is 2. The van der Waals surface area contributed by atoms with Crippen molar-refractivity contribution in [1.29, 1.82) is 0 Å². The molecule has 1 atom stereocenters. The summed E-state index contributed by atoms with van der Waals surface area (Å²) < 4.78 is 50.8. The van der Waals surface area contributed by atoms with Crippen molar-refractivity contribution >= 4 is 29.9 Å². The highest BCUT2D eigenvalue weighted by Gasteiger charge is 2.34. The van der Waals surface area contributed by atoms with Crippen molar-refractivity contribution in [3.05, 3.63) is 35.6 Å². The Morgan fingerprint density at radius 1 is 1.37 bits per heavy atom. The maximum atomic E-state index is 13.3. The number of nitrogens with one attached hydrogen (secondary N) is 1. The van der Waals surface area contributed by atoms with Gasteiger partial charge in [0.25, 0.3) is 0 Å². The molecule has 0 saturated carbocycles. The summed E-state index contributed by atoms with van der Waals surface area (Å²) >= 11 is 0. The fraction of sp³-hybridized carbons (Fsp3) is 0.611. The van der Waals surface area contributed by atoms with Crippen molar-refractivity contribution < 1.29 is 17.6 Å². The minimum absolute atomic E-state index is 0. The van der Waals surface area contributed by atoms with Crippen LogP contribution in [0.3, 0.4) is 0 Å². The molecule has 4 nitrogen and oxygen atoms in total. The number of hydrogen-bond donors (Lipinski definition) is 1. The van der Waals surface area contributed by atoms with Gasteiger partial charge in [-0.15, -0.1) is 24.0 Å². The standard InChI is InChI=1S/C18H26F4N4.HI/c1-3-23-17(25(2)11-14-5-4-6-16(19)9-14)24-10-15-7-8-26(12-15)13-18(20,21)22;/h4-6,9,15H,3,7-8,10-13H2,1-2H3,(H,23,24);1H. The Morgan fingerprint density at radius 2 is 2.11 bits per heavy atom. The fourth-order valence-electron chi connectivity index (χ4n) is 3.13. The van der Waals surface area contributed by atoms with E-state index in [1.807, 2.05) is 24.9 Å². The van der Waals surface area contributed by atoms with Gasteiger partial charge in [0.2, 0.25) is 0 Å². The van der Waals surface area contributed by atoms with Crippen LogP contribution in [0, 0.1) is 11.7 Å². The largest absolute Gasteiger partial charge is 0.401 e. The van der Waals surface area contributed by atoms with E-state index in [2.05, 4.69) is 10.3 Å². The minimum Gasteiger partial charge on any atom is -0.357 e. The Morgan fingerprint density at radius 3 is 2.74 bits per heavy atom. The van der Waals surface area contributed by atoms with Gasteiger partial charge >= 0.3 is 6.18 Å². The molecular weight excluding hydrogens is 475 g/mol. The van der Waals surface area contributed by atoms with Crippen LogP contribution in [0.4, 0.5) is 17.6 Å². The van der Waals surface area contributed by atoms with Gasteiger partial charge in [0.05, 0.1) is 6.54 Å². The van der Waals surface area contributed by atoms with Gasteiger partial charge < -0.3 is 10.2 Å². The topological polar surface area (TPSA) is 30.9 Å². The number of alkyl halides is 3. The molecule has 0 bridgehead atoms. The monoisotopic (exact) mass is 502 g/mol. The molecule has 0 radical (unpaired) electrons. The van der Waals surface area contributed by atoms with E-state index < -0.39 is 12.7 Å². The van der Waals surface area contributed by atoms with Gasteiger partial charge in [-0.2, -0.15) is 13.2 Å². The maximum Gasteiger partial charge on any atom is 0.401 e. The Balaban J connectivity index is 0.00000364. The van der Waals surface area contributed by atoms with Crippen LogP contribution < -0.4 is 5.32 Å². The molecule has 1 unspecified atom stereocenters. The summed E-state index contributed by atoms with van der Waals surface area (Å²) in [6.45, 7) is 3.61. The van der Waals surface area contributed by atoms with Crippen LogP contribution in [0.2, 0.25) is 0 Å². The van der Waals surface area contributed by atoms with Gasteiger partial charge in [-0.1, -0.05) is 12.1 Å². The molecule has 1 fully saturated rings. The summed E-state index contributed by atoms with van der Waals surface area (Å²) in [6, 6.07) is 6.38. The van der Waals surface area contributed by atoms with Gasteiger partial charge in [0, 0.05) is 33.2 Å². The summed E-state index contributed by atoms with van der Waals surface area (Å²) in [6.07, 6.45) is -3.44. The molecule has 1 N–H and O–H groups in total. The highest BCUT2D eigenvalue weighted by atomic mass is 127. The Kier molecular flexibility index (Phi) is 9.78. The van der Waals surface area contributed by atoms with Gasteiger partial charge in [0.1, 0.15) is 5.82 Å². The first kappa shape index (κ1) is 23.9. The molecule has 2 rings (SSSR count). The third kappa shape index (κ3) is 8.63. The van der Waals surface area contributed by atoms with Crippen molar-refractivity contribution in [3.63, 3.8) is 0 Å². The summed E-state index contributed by atoms with van der Waals surface area (Å²) in [5.74, 6) is 0.508. The molecule has 1 aliphatic rings. The van der Waals surface area contributed by atoms with Crippen molar-refractivity contribution in [1.82, 2.24) is 15.1 Å². The van der Waals surface area contributed by atoms with Crippen molar-refractivity contribution in [2.24, 2.45) is 10.9 Å². The Labute approximate surface area is 175 Å². The van der Waals surface area contributed by atoms with Gasteiger partial charge in [-0.05, 0) is 43.5 Å². The zero-order valence-electron chi connectivity index (χ0n) is 15.6. The first-order chi connectivity index (χ1) is 12.3. The van der Waals surface area contributed by atoms with Crippen molar-refractivity contribution in [2.75, 3.05) is 39.8 Å². The second kappa shape index (κ2) is 11.0. The first-order valence-corrected chi connectivity index (χ1v) is 8.80. The van der Waals surface area contributed by atoms with Crippen LogP contribution in [0.15, 0.2) is 29.3 Å². The normalized spacial score (nSPS) is 18.3. The van der Waals surface area contributed by atoms with E-state index in [1.54, 1.807) is 6.07 Å². The molecule has 1 saturated heterocycles. The zero-order chi connectivity index (χ0) is 19.2. The van der Waals surface area contributed by atoms with Crippen LogP contribution in [-0.4, -0.2) is 61.7 Å².